The highest BCUT2D eigenvalue weighted by atomic mass is 35.5. The number of unbranched alkanes of at least 4 members (excludes halogenated alkanes) is 7. The van der Waals surface area contributed by atoms with Crippen LogP contribution in [0.2, 0.25) is 10.0 Å². The van der Waals surface area contributed by atoms with Crippen molar-refractivity contribution in [3.05, 3.63) is 28.2 Å². The average Bonchev–Trinajstić information content (AvgIpc) is 2.49. The third-order valence-corrected chi connectivity index (χ3v) is 4.30. The summed E-state index contributed by atoms with van der Waals surface area (Å²) in [5, 5.41) is 8.13. The molecule has 0 fully saturated rings. The van der Waals surface area contributed by atoms with Crippen LogP contribution in [0.25, 0.3) is 0 Å². The number of hydrogen-bond donors (Lipinski definition) is 2. The van der Waals surface area contributed by atoms with E-state index in [-0.39, 0.29) is 0 Å². The van der Waals surface area contributed by atoms with E-state index in [1.165, 1.54) is 44.9 Å². The Bertz CT molecular complexity index is 452. The van der Waals surface area contributed by atoms with Crippen molar-refractivity contribution in [2.45, 2.75) is 58.3 Å². The lowest BCUT2D eigenvalue weighted by Gasteiger charge is -2.12. The molecular formula is C17H26Cl2N2S. The van der Waals surface area contributed by atoms with Crippen LogP contribution in [0.15, 0.2) is 18.2 Å². The van der Waals surface area contributed by atoms with Crippen LogP contribution in [0.1, 0.15) is 58.3 Å². The quantitative estimate of drug-likeness (QED) is 0.371. The summed E-state index contributed by atoms with van der Waals surface area (Å²) < 4.78 is 0. The second-order valence-electron chi connectivity index (χ2n) is 5.48. The SMILES string of the molecule is CCCCCCCCCCNC(=S)Nc1cc(Cl)ccc1Cl. The molecule has 1 rings (SSSR count). The molecule has 0 heterocycles. The smallest absolute Gasteiger partial charge is 0.170 e. The van der Waals surface area contributed by atoms with E-state index in [4.69, 9.17) is 35.4 Å². The van der Waals surface area contributed by atoms with Crippen LogP contribution in [0.5, 0.6) is 0 Å². The molecule has 0 bridgehead atoms. The lowest BCUT2D eigenvalue weighted by Crippen LogP contribution is -2.29. The van der Waals surface area contributed by atoms with Crippen LogP contribution < -0.4 is 10.6 Å². The zero-order valence-electron chi connectivity index (χ0n) is 13.3. The van der Waals surface area contributed by atoms with Gasteiger partial charge in [0.05, 0.1) is 10.7 Å². The lowest BCUT2D eigenvalue weighted by atomic mass is 10.1. The minimum Gasteiger partial charge on any atom is -0.362 e. The van der Waals surface area contributed by atoms with Crippen molar-refractivity contribution in [1.82, 2.24) is 5.32 Å². The van der Waals surface area contributed by atoms with E-state index < -0.39 is 0 Å². The Morgan fingerprint density at radius 2 is 1.64 bits per heavy atom. The van der Waals surface area contributed by atoms with Gasteiger partial charge in [0.2, 0.25) is 0 Å². The first-order chi connectivity index (χ1) is 10.6. The third kappa shape index (κ3) is 8.82. The molecule has 5 heteroatoms. The first-order valence-electron chi connectivity index (χ1n) is 8.13. The Morgan fingerprint density at radius 3 is 2.32 bits per heavy atom. The molecule has 0 aromatic heterocycles. The van der Waals surface area contributed by atoms with E-state index in [0.717, 1.165) is 18.7 Å². The van der Waals surface area contributed by atoms with Gasteiger partial charge in [0, 0.05) is 11.6 Å². The van der Waals surface area contributed by atoms with Crippen molar-refractivity contribution >= 4 is 46.2 Å². The molecule has 0 aliphatic carbocycles. The molecule has 0 saturated carbocycles. The Hall–Kier alpha value is -0.510. The number of benzene rings is 1. The second kappa shape index (κ2) is 12.0. The highest BCUT2D eigenvalue weighted by Crippen LogP contribution is 2.25. The van der Waals surface area contributed by atoms with Crippen LogP contribution in [0.4, 0.5) is 5.69 Å². The highest BCUT2D eigenvalue weighted by Gasteiger charge is 2.03. The molecule has 0 aliphatic rings. The predicted octanol–water partition coefficient (Wildman–Crippen LogP) is 6.42. The van der Waals surface area contributed by atoms with Gasteiger partial charge in [0.15, 0.2) is 5.11 Å². The number of nitrogens with one attached hydrogen (secondary N) is 2. The predicted molar refractivity (Wildman–Crippen MR) is 103 cm³/mol. The van der Waals surface area contributed by atoms with Crippen molar-refractivity contribution < 1.29 is 0 Å². The summed E-state index contributed by atoms with van der Waals surface area (Å²) >= 11 is 17.3. The normalized spacial score (nSPS) is 10.5. The maximum absolute atomic E-state index is 6.09. The molecule has 1 aromatic rings. The number of hydrogen-bond acceptors (Lipinski definition) is 1. The summed E-state index contributed by atoms with van der Waals surface area (Å²) in [6.45, 7) is 3.14. The van der Waals surface area contributed by atoms with E-state index in [1.54, 1.807) is 18.2 Å². The van der Waals surface area contributed by atoms with Crippen LogP contribution in [-0.2, 0) is 0 Å². The van der Waals surface area contributed by atoms with E-state index >= 15 is 0 Å². The molecule has 124 valence electrons. The van der Waals surface area contributed by atoms with Crippen LogP contribution in [0, 0.1) is 0 Å². The molecule has 0 aliphatic heterocycles. The van der Waals surface area contributed by atoms with Gasteiger partial charge in [-0.2, -0.15) is 0 Å². The van der Waals surface area contributed by atoms with Crippen molar-refractivity contribution in [3.63, 3.8) is 0 Å². The largest absolute Gasteiger partial charge is 0.362 e. The summed E-state index contributed by atoms with van der Waals surface area (Å²) in [4.78, 5) is 0. The van der Waals surface area contributed by atoms with Gasteiger partial charge >= 0.3 is 0 Å². The fourth-order valence-electron chi connectivity index (χ4n) is 2.22. The van der Waals surface area contributed by atoms with Gasteiger partial charge < -0.3 is 10.6 Å². The fraction of sp³-hybridized carbons (Fsp3) is 0.588. The molecule has 0 spiro atoms. The van der Waals surface area contributed by atoms with Crippen molar-refractivity contribution in [3.8, 4) is 0 Å². The third-order valence-electron chi connectivity index (χ3n) is 3.49. The van der Waals surface area contributed by atoms with Gasteiger partial charge in [0.1, 0.15) is 0 Å². The summed E-state index contributed by atoms with van der Waals surface area (Å²) in [6, 6.07) is 5.29. The highest BCUT2D eigenvalue weighted by molar-refractivity contribution is 7.80. The number of halogens is 2. The molecule has 22 heavy (non-hydrogen) atoms. The van der Waals surface area contributed by atoms with Crippen molar-refractivity contribution in [1.29, 1.82) is 0 Å². The standard InChI is InChI=1S/C17H26Cl2N2S/c1-2-3-4-5-6-7-8-9-12-20-17(22)21-16-13-14(18)10-11-15(16)19/h10-11,13H,2-9,12H2,1H3,(H2,20,21,22). The van der Waals surface area contributed by atoms with Crippen molar-refractivity contribution in [2.75, 3.05) is 11.9 Å². The summed E-state index contributed by atoms with van der Waals surface area (Å²) in [7, 11) is 0. The Kier molecular flexibility index (Phi) is 10.6. The van der Waals surface area contributed by atoms with E-state index in [9.17, 15) is 0 Å². The molecule has 2 nitrogen and oxygen atoms in total. The van der Waals surface area contributed by atoms with Gasteiger partial charge in [-0.15, -0.1) is 0 Å². The molecule has 0 radical (unpaired) electrons. The van der Waals surface area contributed by atoms with E-state index in [2.05, 4.69) is 17.6 Å². The topological polar surface area (TPSA) is 24.1 Å². The van der Waals surface area contributed by atoms with E-state index in [1.807, 2.05) is 0 Å². The maximum Gasteiger partial charge on any atom is 0.170 e. The fourth-order valence-corrected chi connectivity index (χ4v) is 2.77. The molecule has 0 amide bonds. The molecule has 2 N–H and O–H groups in total. The summed E-state index contributed by atoms with van der Waals surface area (Å²) in [5.74, 6) is 0. The van der Waals surface area contributed by atoms with Gasteiger partial charge in [-0.05, 0) is 36.8 Å². The lowest BCUT2D eigenvalue weighted by molar-refractivity contribution is 0.573. The first-order valence-corrected chi connectivity index (χ1v) is 9.29. The van der Waals surface area contributed by atoms with Gasteiger partial charge in [-0.3, -0.25) is 0 Å². The van der Waals surface area contributed by atoms with Crippen LogP contribution >= 0.6 is 35.4 Å². The zero-order chi connectivity index (χ0) is 16.2. The Balaban J connectivity index is 2.07. The monoisotopic (exact) mass is 360 g/mol. The van der Waals surface area contributed by atoms with Gasteiger partial charge in [0.25, 0.3) is 0 Å². The zero-order valence-corrected chi connectivity index (χ0v) is 15.6. The first kappa shape index (κ1) is 19.5. The molecule has 0 atom stereocenters. The second-order valence-corrected chi connectivity index (χ2v) is 6.73. The van der Waals surface area contributed by atoms with Crippen molar-refractivity contribution in [2.24, 2.45) is 0 Å². The molecular weight excluding hydrogens is 335 g/mol. The molecule has 1 aromatic carbocycles. The maximum atomic E-state index is 6.09. The number of thiocarbonyl (C=S) groups is 1. The molecule has 0 saturated heterocycles. The van der Waals surface area contributed by atoms with Gasteiger partial charge in [-0.25, -0.2) is 0 Å². The molecule has 0 unspecified atom stereocenters. The van der Waals surface area contributed by atoms with Crippen LogP contribution in [-0.4, -0.2) is 11.7 Å². The van der Waals surface area contributed by atoms with Crippen LogP contribution in [0.3, 0.4) is 0 Å². The van der Waals surface area contributed by atoms with E-state index in [0.29, 0.717) is 15.2 Å². The minimum atomic E-state index is 0.590. The minimum absolute atomic E-state index is 0.590. The average molecular weight is 361 g/mol. The number of anilines is 1. The summed E-state index contributed by atoms with van der Waals surface area (Å²) in [6.07, 6.45) is 10.5. The summed E-state index contributed by atoms with van der Waals surface area (Å²) in [5.41, 5.74) is 0.739. The van der Waals surface area contributed by atoms with Gasteiger partial charge in [-0.1, -0.05) is 75.1 Å². The Labute approximate surface area is 150 Å². The number of rotatable bonds is 10. The Morgan fingerprint density at radius 1 is 1.00 bits per heavy atom.